The van der Waals surface area contributed by atoms with E-state index in [-0.39, 0.29) is 35.7 Å². The summed E-state index contributed by atoms with van der Waals surface area (Å²) in [7, 11) is 3.70. The van der Waals surface area contributed by atoms with E-state index < -0.39 is 11.6 Å². The van der Waals surface area contributed by atoms with Crippen molar-refractivity contribution in [3.63, 3.8) is 0 Å². The van der Waals surface area contributed by atoms with Crippen LogP contribution in [0.3, 0.4) is 0 Å². The summed E-state index contributed by atoms with van der Waals surface area (Å²) in [5.41, 5.74) is 1.20. The van der Waals surface area contributed by atoms with Crippen molar-refractivity contribution < 1.29 is 8.78 Å². The van der Waals surface area contributed by atoms with Crippen molar-refractivity contribution in [3.05, 3.63) is 53.9 Å². The van der Waals surface area contributed by atoms with Crippen molar-refractivity contribution in [1.82, 2.24) is 15.2 Å². The molecule has 2 N–H and O–H groups in total. The number of aromatic nitrogens is 1. The number of nitrogens with one attached hydrogen (secondary N) is 2. The maximum atomic E-state index is 13.9. The van der Waals surface area contributed by atoms with Gasteiger partial charge >= 0.3 is 0 Å². The molecule has 3 rings (SSSR count). The molecule has 1 aromatic carbocycles. The molecule has 0 radical (unpaired) electrons. The lowest BCUT2D eigenvalue weighted by molar-refractivity contribution is 0.575. The number of nitrogens with zero attached hydrogens (tertiary/aromatic N) is 3. The normalized spacial score (nSPS) is 17.2. The zero-order chi connectivity index (χ0) is 17.8. The SMILES string of the molecule is CN=C(NCc1cccn1C)NC1CCN(c2c(F)cccc2F)C1.I. The van der Waals surface area contributed by atoms with Crippen LogP contribution in [0.25, 0.3) is 0 Å². The van der Waals surface area contributed by atoms with Crippen LogP contribution in [0.15, 0.2) is 41.5 Å². The molecule has 1 atom stereocenters. The standard InChI is InChI=1S/C18H23F2N5.HI/c1-21-18(22-11-14-5-4-9-24(14)2)23-13-8-10-25(12-13)17-15(19)6-3-7-16(17)20;/h3-7,9,13H,8,10-12H2,1-2H3,(H2,21,22,23);1H. The molecule has 1 saturated heterocycles. The minimum absolute atomic E-state index is 0. The van der Waals surface area contributed by atoms with Gasteiger partial charge in [0.1, 0.15) is 17.3 Å². The van der Waals surface area contributed by atoms with Gasteiger partial charge in [-0.15, -0.1) is 24.0 Å². The predicted octanol–water partition coefficient (Wildman–Crippen LogP) is 2.87. The van der Waals surface area contributed by atoms with E-state index in [2.05, 4.69) is 15.6 Å². The van der Waals surface area contributed by atoms with Gasteiger partial charge in [-0.05, 0) is 30.7 Å². The Kier molecular flexibility index (Phi) is 7.24. The van der Waals surface area contributed by atoms with E-state index in [1.165, 1.54) is 18.2 Å². The number of halogens is 3. The molecule has 0 saturated carbocycles. The summed E-state index contributed by atoms with van der Waals surface area (Å²) in [5, 5.41) is 6.60. The highest BCUT2D eigenvalue weighted by Gasteiger charge is 2.27. The first-order chi connectivity index (χ1) is 12.1. The van der Waals surface area contributed by atoms with E-state index in [9.17, 15) is 8.78 Å². The van der Waals surface area contributed by atoms with Crippen molar-refractivity contribution in [2.24, 2.45) is 12.0 Å². The first kappa shape index (κ1) is 20.5. The molecule has 2 heterocycles. The van der Waals surface area contributed by atoms with Gasteiger partial charge in [0.2, 0.25) is 0 Å². The lowest BCUT2D eigenvalue weighted by Gasteiger charge is -2.21. The molecule has 8 heteroatoms. The number of hydrogen-bond acceptors (Lipinski definition) is 2. The maximum absolute atomic E-state index is 13.9. The van der Waals surface area contributed by atoms with Crippen molar-refractivity contribution in [1.29, 1.82) is 0 Å². The molecular weight excluding hydrogens is 451 g/mol. The van der Waals surface area contributed by atoms with E-state index in [0.717, 1.165) is 12.1 Å². The molecule has 1 aliphatic rings. The molecule has 0 spiro atoms. The molecule has 1 unspecified atom stereocenters. The molecule has 0 aliphatic carbocycles. The highest BCUT2D eigenvalue weighted by atomic mass is 127. The van der Waals surface area contributed by atoms with Crippen LogP contribution < -0.4 is 15.5 Å². The van der Waals surface area contributed by atoms with E-state index in [1.54, 1.807) is 11.9 Å². The van der Waals surface area contributed by atoms with Crippen molar-refractivity contribution in [2.45, 2.75) is 19.0 Å². The lowest BCUT2D eigenvalue weighted by Crippen LogP contribution is -2.44. The summed E-state index contributed by atoms with van der Waals surface area (Å²) in [6.07, 6.45) is 2.78. The van der Waals surface area contributed by atoms with E-state index in [0.29, 0.717) is 25.6 Å². The minimum atomic E-state index is -0.521. The molecule has 1 aliphatic heterocycles. The second-order valence-electron chi connectivity index (χ2n) is 6.18. The van der Waals surface area contributed by atoms with Gasteiger partial charge in [-0.2, -0.15) is 0 Å². The van der Waals surface area contributed by atoms with E-state index >= 15 is 0 Å². The number of para-hydroxylation sites is 1. The first-order valence-electron chi connectivity index (χ1n) is 8.35. The summed E-state index contributed by atoms with van der Waals surface area (Å²) >= 11 is 0. The van der Waals surface area contributed by atoms with Crippen LogP contribution in [0.5, 0.6) is 0 Å². The maximum Gasteiger partial charge on any atom is 0.191 e. The summed E-state index contributed by atoms with van der Waals surface area (Å²) in [5.74, 6) is -0.360. The molecule has 0 amide bonds. The van der Waals surface area contributed by atoms with Crippen LogP contribution >= 0.6 is 24.0 Å². The van der Waals surface area contributed by atoms with Gasteiger partial charge in [-0.3, -0.25) is 4.99 Å². The van der Waals surface area contributed by atoms with E-state index in [1.807, 2.05) is 29.9 Å². The number of benzene rings is 1. The lowest BCUT2D eigenvalue weighted by atomic mass is 10.2. The Morgan fingerprint density at radius 2 is 1.96 bits per heavy atom. The third kappa shape index (κ3) is 4.66. The van der Waals surface area contributed by atoms with Crippen molar-refractivity contribution >= 4 is 35.6 Å². The Bertz CT molecular complexity index is 742. The van der Waals surface area contributed by atoms with Crippen LogP contribution in [0.2, 0.25) is 0 Å². The van der Waals surface area contributed by atoms with Crippen LogP contribution in [-0.2, 0) is 13.6 Å². The number of guanidine groups is 1. The number of aryl methyl sites for hydroxylation is 1. The Morgan fingerprint density at radius 3 is 2.58 bits per heavy atom. The number of aliphatic imine (C=N–C) groups is 1. The monoisotopic (exact) mass is 475 g/mol. The Labute approximate surface area is 169 Å². The summed E-state index contributed by atoms with van der Waals surface area (Å²) in [4.78, 5) is 5.97. The quantitative estimate of drug-likeness (QED) is 0.406. The predicted molar refractivity (Wildman–Crippen MR) is 111 cm³/mol. The van der Waals surface area contributed by atoms with Gasteiger partial charge in [0.25, 0.3) is 0 Å². The van der Waals surface area contributed by atoms with Crippen LogP contribution in [-0.4, -0.2) is 36.7 Å². The highest BCUT2D eigenvalue weighted by Crippen LogP contribution is 2.26. The summed E-state index contributed by atoms with van der Waals surface area (Å²) < 4.78 is 29.9. The van der Waals surface area contributed by atoms with Crippen molar-refractivity contribution in [2.75, 3.05) is 25.0 Å². The number of anilines is 1. The van der Waals surface area contributed by atoms with Gasteiger partial charge in [0.05, 0.1) is 6.54 Å². The highest BCUT2D eigenvalue weighted by molar-refractivity contribution is 14.0. The first-order valence-corrected chi connectivity index (χ1v) is 8.35. The fourth-order valence-corrected chi connectivity index (χ4v) is 3.11. The average Bonchev–Trinajstić information content (AvgIpc) is 3.20. The Balaban J connectivity index is 0.00000243. The van der Waals surface area contributed by atoms with Gasteiger partial charge in [0, 0.05) is 45.1 Å². The van der Waals surface area contributed by atoms with Crippen LogP contribution in [0, 0.1) is 11.6 Å². The fourth-order valence-electron chi connectivity index (χ4n) is 3.11. The average molecular weight is 475 g/mol. The second kappa shape index (κ2) is 9.20. The second-order valence-corrected chi connectivity index (χ2v) is 6.18. The minimum Gasteiger partial charge on any atom is -0.365 e. The topological polar surface area (TPSA) is 44.6 Å². The zero-order valence-electron chi connectivity index (χ0n) is 14.9. The largest absolute Gasteiger partial charge is 0.365 e. The van der Waals surface area contributed by atoms with Gasteiger partial charge in [-0.25, -0.2) is 8.78 Å². The van der Waals surface area contributed by atoms with Crippen molar-refractivity contribution in [3.8, 4) is 0 Å². The summed E-state index contributed by atoms with van der Waals surface area (Å²) in [6.45, 7) is 1.79. The molecule has 2 aromatic rings. The third-order valence-corrected chi connectivity index (χ3v) is 4.49. The molecule has 5 nitrogen and oxygen atoms in total. The molecular formula is C18H24F2IN5. The Hall–Kier alpha value is -1.84. The van der Waals surface area contributed by atoms with Gasteiger partial charge < -0.3 is 20.1 Å². The van der Waals surface area contributed by atoms with Crippen LogP contribution in [0.1, 0.15) is 12.1 Å². The van der Waals surface area contributed by atoms with Crippen LogP contribution in [0.4, 0.5) is 14.5 Å². The molecule has 1 aromatic heterocycles. The van der Waals surface area contributed by atoms with E-state index in [4.69, 9.17) is 0 Å². The van der Waals surface area contributed by atoms with Gasteiger partial charge in [-0.1, -0.05) is 6.07 Å². The number of hydrogen-bond donors (Lipinski definition) is 2. The molecule has 142 valence electrons. The van der Waals surface area contributed by atoms with Gasteiger partial charge in [0.15, 0.2) is 5.96 Å². The number of rotatable bonds is 4. The fraction of sp³-hybridized carbons (Fsp3) is 0.389. The smallest absolute Gasteiger partial charge is 0.191 e. The molecule has 26 heavy (non-hydrogen) atoms. The molecule has 1 fully saturated rings. The Morgan fingerprint density at radius 1 is 1.23 bits per heavy atom. The zero-order valence-corrected chi connectivity index (χ0v) is 17.2. The molecule has 0 bridgehead atoms. The third-order valence-electron chi connectivity index (χ3n) is 4.49. The summed E-state index contributed by atoms with van der Waals surface area (Å²) in [6, 6.07) is 8.08.